The van der Waals surface area contributed by atoms with E-state index in [0.717, 1.165) is 25.8 Å². The van der Waals surface area contributed by atoms with Gasteiger partial charge >= 0.3 is 5.97 Å². The maximum absolute atomic E-state index is 12.8. The fourth-order valence-electron chi connectivity index (χ4n) is 6.02. The summed E-state index contributed by atoms with van der Waals surface area (Å²) >= 11 is 0. The van der Waals surface area contributed by atoms with E-state index in [2.05, 4.69) is 40.7 Å². The molecule has 0 bridgehead atoms. The minimum absolute atomic E-state index is 0.0856. The van der Waals surface area contributed by atoms with E-state index in [9.17, 15) is 4.79 Å². The van der Waals surface area contributed by atoms with Crippen molar-refractivity contribution in [3.63, 3.8) is 0 Å². The van der Waals surface area contributed by atoms with Crippen LogP contribution in [0.4, 0.5) is 0 Å². The van der Waals surface area contributed by atoms with Gasteiger partial charge in [0.15, 0.2) is 0 Å². The van der Waals surface area contributed by atoms with Crippen LogP contribution >= 0.6 is 0 Å². The molecule has 3 aliphatic rings. The van der Waals surface area contributed by atoms with Crippen LogP contribution < -0.4 is 0 Å². The summed E-state index contributed by atoms with van der Waals surface area (Å²) in [6, 6.07) is 8.90. The van der Waals surface area contributed by atoms with Gasteiger partial charge in [0.05, 0.1) is 13.2 Å². The molecule has 1 fully saturated rings. The molecule has 3 aliphatic heterocycles. The largest absolute Gasteiger partial charge is 0.467 e. The summed E-state index contributed by atoms with van der Waals surface area (Å²) in [6.07, 6.45) is 5.59. The molecule has 4 heteroatoms. The van der Waals surface area contributed by atoms with Crippen LogP contribution in [0.1, 0.15) is 55.9 Å². The van der Waals surface area contributed by atoms with Crippen molar-refractivity contribution in [3.8, 4) is 0 Å². The van der Waals surface area contributed by atoms with Gasteiger partial charge in [-0.25, -0.2) is 4.79 Å². The standard InChI is InChI=1S/C21H26N2O2/c1-3-21-10-6-11-22-12-9-15-14-7-4-5-8-16(14)23(18(15)19(21)22)17(13-21)20(24)25-2/h4-5,7-8,17,19H,3,6,9-13H2,1-2H3. The number of ether oxygens (including phenoxy) is 1. The molecule has 1 aromatic heterocycles. The van der Waals surface area contributed by atoms with Gasteiger partial charge in [-0.3, -0.25) is 4.90 Å². The Morgan fingerprint density at radius 1 is 1.32 bits per heavy atom. The Kier molecular flexibility index (Phi) is 3.30. The lowest BCUT2D eigenvalue weighted by molar-refractivity contribution is -0.149. The first kappa shape index (κ1) is 15.4. The second kappa shape index (κ2) is 5.34. The Hall–Kier alpha value is -1.81. The van der Waals surface area contributed by atoms with Crippen LogP contribution in [-0.4, -0.2) is 35.6 Å². The summed E-state index contributed by atoms with van der Waals surface area (Å²) in [4.78, 5) is 15.5. The third kappa shape index (κ3) is 1.89. The van der Waals surface area contributed by atoms with E-state index in [1.54, 1.807) is 0 Å². The molecule has 5 rings (SSSR count). The lowest BCUT2D eigenvalue weighted by atomic mass is 9.63. The maximum Gasteiger partial charge on any atom is 0.328 e. The van der Waals surface area contributed by atoms with Crippen molar-refractivity contribution >= 4 is 16.9 Å². The van der Waals surface area contributed by atoms with Crippen LogP contribution in [0.5, 0.6) is 0 Å². The molecule has 0 saturated carbocycles. The van der Waals surface area contributed by atoms with Crippen LogP contribution in [0.3, 0.4) is 0 Å². The predicted octanol–water partition coefficient (Wildman–Crippen LogP) is 3.85. The highest BCUT2D eigenvalue weighted by atomic mass is 16.5. The highest BCUT2D eigenvalue weighted by Gasteiger charge is 2.54. The Balaban J connectivity index is 1.84. The molecule has 0 N–H and O–H groups in total. The van der Waals surface area contributed by atoms with Crippen LogP contribution in [0.15, 0.2) is 24.3 Å². The number of para-hydroxylation sites is 1. The molecule has 132 valence electrons. The highest BCUT2D eigenvalue weighted by Crippen LogP contribution is 2.59. The third-order valence-corrected chi connectivity index (χ3v) is 7.12. The Morgan fingerprint density at radius 2 is 2.16 bits per heavy atom. The number of hydrogen-bond donors (Lipinski definition) is 0. The number of methoxy groups -OCH3 is 1. The van der Waals surface area contributed by atoms with Crippen molar-refractivity contribution in [2.75, 3.05) is 20.2 Å². The van der Waals surface area contributed by atoms with E-state index in [1.807, 2.05) is 0 Å². The van der Waals surface area contributed by atoms with Gasteiger partial charge in [-0.05, 0) is 55.7 Å². The molecule has 1 aromatic carbocycles. The van der Waals surface area contributed by atoms with Gasteiger partial charge in [0, 0.05) is 23.1 Å². The Bertz CT molecular complexity index is 855. The van der Waals surface area contributed by atoms with Crippen LogP contribution in [-0.2, 0) is 16.0 Å². The molecule has 25 heavy (non-hydrogen) atoms. The van der Waals surface area contributed by atoms with E-state index in [1.165, 1.54) is 48.7 Å². The topological polar surface area (TPSA) is 34.5 Å². The zero-order valence-electron chi connectivity index (χ0n) is 15.1. The van der Waals surface area contributed by atoms with Crippen molar-refractivity contribution in [2.45, 2.75) is 51.1 Å². The number of piperidine rings is 1. The van der Waals surface area contributed by atoms with E-state index in [0.29, 0.717) is 6.04 Å². The second-order valence-corrected chi connectivity index (χ2v) is 8.00. The van der Waals surface area contributed by atoms with Gasteiger partial charge in [-0.1, -0.05) is 25.1 Å². The Labute approximate surface area is 148 Å². The molecule has 2 aromatic rings. The molecule has 4 nitrogen and oxygen atoms in total. The van der Waals surface area contributed by atoms with Gasteiger partial charge in [0.1, 0.15) is 6.04 Å². The smallest absolute Gasteiger partial charge is 0.328 e. The monoisotopic (exact) mass is 338 g/mol. The van der Waals surface area contributed by atoms with E-state index in [-0.39, 0.29) is 17.4 Å². The first-order valence-corrected chi connectivity index (χ1v) is 9.64. The van der Waals surface area contributed by atoms with Crippen molar-refractivity contribution in [2.24, 2.45) is 5.41 Å². The zero-order valence-corrected chi connectivity index (χ0v) is 15.1. The minimum atomic E-state index is -0.187. The molecule has 3 unspecified atom stereocenters. The highest BCUT2D eigenvalue weighted by molar-refractivity contribution is 5.89. The first-order chi connectivity index (χ1) is 12.2. The van der Waals surface area contributed by atoms with Gasteiger partial charge < -0.3 is 9.30 Å². The van der Waals surface area contributed by atoms with Crippen LogP contribution in [0.25, 0.3) is 10.9 Å². The summed E-state index contributed by atoms with van der Waals surface area (Å²) in [6.45, 7) is 4.65. The fourth-order valence-corrected chi connectivity index (χ4v) is 6.02. The van der Waals surface area contributed by atoms with Crippen molar-refractivity contribution in [1.82, 2.24) is 9.47 Å². The summed E-state index contributed by atoms with van der Waals surface area (Å²) < 4.78 is 7.59. The quantitative estimate of drug-likeness (QED) is 0.780. The fraction of sp³-hybridized carbons (Fsp3) is 0.571. The van der Waals surface area contributed by atoms with E-state index in [4.69, 9.17) is 4.74 Å². The average molecular weight is 338 g/mol. The number of hydrogen-bond acceptors (Lipinski definition) is 3. The number of aromatic nitrogens is 1. The van der Waals surface area contributed by atoms with Crippen molar-refractivity contribution in [1.29, 1.82) is 0 Å². The molecule has 0 amide bonds. The number of nitrogens with zero attached hydrogens (tertiary/aromatic N) is 2. The minimum Gasteiger partial charge on any atom is -0.467 e. The van der Waals surface area contributed by atoms with E-state index < -0.39 is 0 Å². The number of benzene rings is 1. The Morgan fingerprint density at radius 3 is 2.96 bits per heavy atom. The molecule has 3 atom stereocenters. The van der Waals surface area contributed by atoms with E-state index >= 15 is 0 Å². The summed E-state index contributed by atoms with van der Waals surface area (Å²) in [5, 5.41) is 1.34. The molecule has 4 heterocycles. The van der Waals surface area contributed by atoms with Gasteiger partial charge in [0.25, 0.3) is 0 Å². The maximum atomic E-state index is 12.8. The summed E-state index contributed by atoms with van der Waals surface area (Å²) in [5.74, 6) is -0.0856. The lowest BCUT2D eigenvalue weighted by Gasteiger charge is -2.56. The zero-order chi connectivity index (χ0) is 17.2. The normalized spacial score (nSPS) is 31.0. The number of carbonyl (C=O) groups excluding carboxylic acids is 1. The number of carbonyl (C=O) groups is 1. The molecule has 0 radical (unpaired) electrons. The summed E-state index contributed by atoms with van der Waals surface area (Å²) in [7, 11) is 1.53. The second-order valence-electron chi connectivity index (χ2n) is 8.00. The van der Waals surface area contributed by atoms with Crippen LogP contribution in [0.2, 0.25) is 0 Å². The molecule has 0 spiro atoms. The number of rotatable bonds is 2. The van der Waals surface area contributed by atoms with Crippen molar-refractivity contribution < 1.29 is 9.53 Å². The van der Waals surface area contributed by atoms with Crippen LogP contribution in [0, 0.1) is 5.41 Å². The molecule has 0 aliphatic carbocycles. The number of fused-ring (bicyclic) bond motifs is 3. The predicted molar refractivity (Wildman–Crippen MR) is 97.6 cm³/mol. The number of esters is 1. The lowest BCUT2D eigenvalue weighted by Crippen LogP contribution is -2.53. The average Bonchev–Trinajstić information content (AvgIpc) is 3.01. The van der Waals surface area contributed by atoms with Gasteiger partial charge in [0.2, 0.25) is 0 Å². The van der Waals surface area contributed by atoms with Crippen molar-refractivity contribution in [3.05, 3.63) is 35.5 Å². The summed E-state index contributed by atoms with van der Waals surface area (Å²) in [5.41, 5.74) is 4.30. The third-order valence-electron chi connectivity index (χ3n) is 7.12. The molecular weight excluding hydrogens is 312 g/mol. The SMILES string of the molecule is CCC12CCCN3CCc4c(n(c5ccccc45)C(C(=O)OC)C1)C32. The molecular formula is C21H26N2O2. The van der Waals surface area contributed by atoms with Gasteiger partial charge in [-0.15, -0.1) is 0 Å². The first-order valence-electron chi connectivity index (χ1n) is 9.64. The molecule has 1 saturated heterocycles. The van der Waals surface area contributed by atoms with Gasteiger partial charge in [-0.2, -0.15) is 0 Å².